The maximum absolute atomic E-state index is 13.6. The van der Waals surface area contributed by atoms with E-state index in [-0.39, 0.29) is 5.82 Å². The summed E-state index contributed by atoms with van der Waals surface area (Å²) in [4.78, 5) is 22.7. The van der Waals surface area contributed by atoms with E-state index in [4.69, 9.17) is 5.73 Å². The van der Waals surface area contributed by atoms with Gasteiger partial charge in [-0.2, -0.15) is 0 Å². The Balaban J connectivity index is 2.22. The topological polar surface area (TPSA) is 84.2 Å². The van der Waals surface area contributed by atoms with Gasteiger partial charge < -0.3 is 5.73 Å². The van der Waals surface area contributed by atoms with Crippen LogP contribution in [0.3, 0.4) is 0 Å². The maximum Gasteiger partial charge on any atom is 0.318 e. The fourth-order valence-corrected chi connectivity index (χ4v) is 2.50. The fourth-order valence-electron chi connectivity index (χ4n) is 2.50. The zero-order chi connectivity index (χ0) is 18.4. The highest BCUT2D eigenvalue weighted by Crippen LogP contribution is 2.20. The lowest BCUT2D eigenvalue weighted by molar-refractivity contribution is -0.121. The lowest BCUT2D eigenvalue weighted by Gasteiger charge is -2.23. The Labute approximate surface area is 144 Å². The average Bonchev–Trinajstić information content (AvgIpc) is 2.53. The highest BCUT2D eigenvalue weighted by Gasteiger charge is 2.21. The predicted molar refractivity (Wildman–Crippen MR) is 89.6 cm³/mol. The molecule has 7 heteroatoms. The summed E-state index contributed by atoms with van der Waals surface area (Å²) >= 11 is 0. The summed E-state index contributed by atoms with van der Waals surface area (Å²) in [6.07, 6.45) is 0.329. The molecular weight excluding hydrogens is 328 g/mol. The van der Waals surface area contributed by atoms with Crippen LogP contribution < -0.4 is 16.4 Å². The third kappa shape index (κ3) is 5.65. The molecule has 0 unspecified atom stereocenters. The number of imide groups is 1. The number of halogens is 2. The van der Waals surface area contributed by atoms with E-state index in [1.807, 2.05) is 5.32 Å². The van der Waals surface area contributed by atoms with E-state index in [0.717, 1.165) is 0 Å². The number of hydrogen-bond acceptors (Lipinski definition) is 3. The van der Waals surface area contributed by atoms with Crippen molar-refractivity contribution >= 4 is 11.9 Å². The van der Waals surface area contributed by atoms with E-state index in [0.29, 0.717) is 17.5 Å². The van der Waals surface area contributed by atoms with Gasteiger partial charge in [-0.05, 0) is 48.7 Å². The van der Waals surface area contributed by atoms with Crippen LogP contribution >= 0.6 is 0 Å². The van der Waals surface area contributed by atoms with Crippen molar-refractivity contribution in [3.05, 3.63) is 71.3 Å². The molecule has 3 amide bonds. The van der Waals surface area contributed by atoms with Gasteiger partial charge >= 0.3 is 6.03 Å². The van der Waals surface area contributed by atoms with Crippen LogP contribution in [0, 0.1) is 11.6 Å². The first-order valence-electron chi connectivity index (χ1n) is 7.71. The van der Waals surface area contributed by atoms with Gasteiger partial charge in [0.05, 0.1) is 6.04 Å². The molecule has 0 bridgehead atoms. The van der Waals surface area contributed by atoms with Crippen molar-refractivity contribution in [2.45, 2.75) is 25.4 Å². The van der Waals surface area contributed by atoms with Gasteiger partial charge in [0.1, 0.15) is 11.6 Å². The van der Waals surface area contributed by atoms with Crippen LogP contribution in [0.4, 0.5) is 13.6 Å². The Kier molecular flexibility index (Phi) is 6.19. The van der Waals surface area contributed by atoms with E-state index >= 15 is 0 Å². The third-order valence-electron chi connectivity index (χ3n) is 3.67. The first-order valence-corrected chi connectivity index (χ1v) is 7.71. The molecule has 0 saturated carbocycles. The summed E-state index contributed by atoms with van der Waals surface area (Å²) in [5.74, 6) is -1.40. The van der Waals surface area contributed by atoms with Crippen molar-refractivity contribution in [2.24, 2.45) is 5.73 Å². The van der Waals surface area contributed by atoms with Gasteiger partial charge in [0.15, 0.2) is 0 Å². The van der Waals surface area contributed by atoms with Gasteiger partial charge in [0, 0.05) is 6.04 Å². The summed E-state index contributed by atoms with van der Waals surface area (Å²) < 4.78 is 27.0. The van der Waals surface area contributed by atoms with Crippen molar-refractivity contribution in [2.75, 3.05) is 0 Å². The number of rotatable bonds is 6. The number of benzene rings is 2. The number of nitrogens with two attached hydrogens (primary N) is 1. The van der Waals surface area contributed by atoms with Crippen molar-refractivity contribution < 1.29 is 18.4 Å². The van der Waals surface area contributed by atoms with Crippen LogP contribution in [-0.4, -0.2) is 18.0 Å². The second-order valence-electron chi connectivity index (χ2n) is 5.68. The van der Waals surface area contributed by atoms with E-state index in [1.54, 1.807) is 31.2 Å². The van der Waals surface area contributed by atoms with Crippen molar-refractivity contribution in [3.63, 3.8) is 0 Å². The molecular formula is C18H19F2N3O2. The number of amides is 3. The number of carbonyl (C=O) groups is 2. The molecule has 0 aliphatic carbocycles. The van der Waals surface area contributed by atoms with Gasteiger partial charge in [0.2, 0.25) is 5.91 Å². The van der Waals surface area contributed by atoms with Crippen LogP contribution in [0.15, 0.2) is 48.5 Å². The number of urea groups is 1. The molecule has 0 aromatic heterocycles. The van der Waals surface area contributed by atoms with E-state index in [9.17, 15) is 18.4 Å². The summed E-state index contributed by atoms with van der Waals surface area (Å²) in [6.45, 7) is 1.55. The monoisotopic (exact) mass is 347 g/mol. The Hall–Kier alpha value is -2.80. The lowest BCUT2D eigenvalue weighted by Crippen LogP contribution is -2.47. The highest BCUT2D eigenvalue weighted by molar-refractivity contribution is 5.96. The first-order chi connectivity index (χ1) is 11.8. The Morgan fingerprint density at radius 2 is 1.72 bits per heavy atom. The molecule has 0 aliphatic rings. The molecule has 25 heavy (non-hydrogen) atoms. The SMILES string of the molecule is C[C@@H](N[C@@H](Cc1cccc(F)c1)c1cccc(F)c1)C(=O)NC(N)=O. The lowest BCUT2D eigenvalue weighted by atomic mass is 9.97. The molecule has 0 spiro atoms. The highest BCUT2D eigenvalue weighted by atomic mass is 19.1. The molecule has 2 aromatic rings. The Morgan fingerprint density at radius 1 is 1.08 bits per heavy atom. The minimum atomic E-state index is -0.953. The van der Waals surface area contributed by atoms with Crippen LogP contribution in [0.25, 0.3) is 0 Å². The Bertz CT molecular complexity index is 767. The molecule has 2 aromatic carbocycles. The second kappa shape index (κ2) is 8.34. The molecule has 0 radical (unpaired) electrons. The predicted octanol–water partition coefficient (Wildman–Crippen LogP) is 2.42. The van der Waals surface area contributed by atoms with Crippen LogP contribution in [0.1, 0.15) is 24.1 Å². The number of hydrogen-bond donors (Lipinski definition) is 3. The molecule has 5 nitrogen and oxygen atoms in total. The number of nitrogens with one attached hydrogen (secondary N) is 2. The largest absolute Gasteiger partial charge is 0.351 e. The van der Waals surface area contributed by atoms with Gasteiger partial charge in [0.25, 0.3) is 0 Å². The summed E-state index contributed by atoms with van der Waals surface area (Å²) in [7, 11) is 0. The fraction of sp³-hybridized carbons (Fsp3) is 0.222. The Morgan fingerprint density at radius 3 is 2.32 bits per heavy atom. The number of carbonyl (C=O) groups excluding carboxylic acids is 2. The number of primary amides is 1. The van der Waals surface area contributed by atoms with E-state index < -0.39 is 29.8 Å². The molecule has 4 N–H and O–H groups in total. The summed E-state index contributed by atoms with van der Waals surface area (Å²) in [5.41, 5.74) is 6.23. The minimum absolute atomic E-state index is 0.329. The minimum Gasteiger partial charge on any atom is -0.351 e. The van der Waals surface area contributed by atoms with E-state index in [2.05, 4.69) is 5.32 Å². The summed E-state index contributed by atoms with van der Waals surface area (Å²) in [6, 6.07) is 9.76. The third-order valence-corrected chi connectivity index (χ3v) is 3.67. The molecule has 0 aliphatic heterocycles. The molecule has 132 valence electrons. The molecule has 2 atom stereocenters. The molecule has 0 heterocycles. The zero-order valence-electron chi connectivity index (χ0n) is 13.6. The van der Waals surface area contributed by atoms with Gasteiger partial charge in [-0.25, -0.2) is 13.6 Å². The summed E-state index contributed by atoms with van der Waals surface area (Å²) in [5, 5.41) is 5.01. The first kappa shape index (κ1) is 18.5. The zero-order valence-corrected chi connectivity index (χ0v) is 13.6. The normalized spacial score (nSPS) is 13.1. The van der Waals surface area contributed by atoms with Gasteiger partial charge in [-0.3, -0.25) is 15.4 Å². The van der Waals surface area contributed by atoms with Crippen molar-refractivity contribution in [1.29, 1.82) is 0 Å². The molecule has 2 rings (SSSR count). The van der Waals surface area contributed by atoms with Crippen molar-refractivity contribution in [1.82, 2.24) is 10.6 Å². The van der Waals surface area contributed by atoms with Gasteiger partial charge in [-0.15, -0.1) is 0 Å². The van der Waals surface area contributed by atoms with Crippen molar-refractivity contribution in [3.8, 4) is 0 Å². The average molecular weight is 347 g/mol. The molecule has 0 fully saturated rings. The standard InChI is InChI=1S/C18H19F2N3O2/c1-11(17(24)23-18(21)25)22-16(13-5-3-7-15(20)10-13)9-12-4-2-6-14(19)8-12/h2-8,10-11,16,22H,9H2,1H3,(H3,21,23,24,25)/t11-,16+/m1/s1. The van der Waals surface area contributed by atoms with E-state index in [1.165, 1.54) is 24.3 Å². The van der Waals surface area contributed by atoms with Crippen LogP contribution in [0.5, 0.6) is 0 Å². The quantitative estimate of drug-likeness (QED) is 0.750. The smallest absolute Gasteiger partial charge is 0.318 e. The molecule has 0 saturated heterocycles. The maximum atomic E-state index is 13.6. The second-order valence-corrected chi connectivity index (χ2v) is 5.68. The van der Waals surface area contributed by atoms with Gasteiger partial charge in [-0.1, -0.05) is 24.3 Å². The van der Waals surface area contributed by atoms with Crippen LogP contribution in [0.2, 0.25) is 0 Å². The van der Waals surface area contributed by atoms with Crippen LogP contribution in [-0.2, 0) is 11.2 Å².